The first-order valence-electron chi connectivity index (χ1n) is 7.06. The zero-order valence-corrected chi connectivity index (χ0v) is 11.3. The van der Waals surface area contributed by atoms with Crippen LogP contribution < -0.4 is 11.3 Å². The van der Waals surface area contributed by atoms with Gasteiger partial charge in [-0.25, -0.2) is 0 Å². The average Bonchev–Trinajstić information content (AvgIpc) is 2.39. The van der Waals surface area contributed by atoms with Crippen LogP contribution in [0.4, 0.5) is 5.82 Å². The lowest BCUT2D eigenvalue weighted by Gasteiger charge is -2.29. The molecule has 0 aliphatic heterocycles. The molecule has 1 heterocycles. The lowest BCUT2D eigenvalue weighted by atomic mass is 9.86. The Morgan fingerprint density at radius 3 is 2.84 bits per heavy atom. The van der Waals surface area contributed by atoms with Crippen molar-refractivity contribution < 1.29 is 0 Å². The summed E-state index contributed by atoms with van der Waals surface area (Å²) in [4.78, 5) is 12.6. The number of pyridine rings is 1. The Kier molecular flexibility index (Phi) is 3.05. The van der Waals surface area contributed by atoms with Crippen molar-refractivity contribution in [3.63, 3.8) is 0 Å². The van der Waals surface area contributed by atoms with E-state index in [1.165, 1.54) is 12.8 Å². The number of nitrogen functional groups attached to an aromatic ring is 1. The molecule has 3 rings (SSSR count). The number of hydrogen-bond donors (Lipinski definition) is 1. The number of nitrogens with zero attached hydrogens (tertiary/aromatic N) is 1. The lowest BCUT2D eigenvalue weighted by molar-refractivity contribution is 0.281. The van der Waals surface area contributed by atoms with Crippen LogP contribution in [0.15, 0.2) is 35.1 Å². The van der Waals surface area contributed by atoms with Crippen molar-refractivity contribution in [3.05, 3.63) is 40.7 Å². The second-order valence-electron chi connectivity index (χ2n) is 5.76. The van der Waals surface area contributed by atoms with E-state index < -0.39 is 0 Å². The Labute approximate surface area is 113 Å². The van der Waals surface area contributed by atoms with Gasteiger partial charge >= 0.3 is 0 Å². The molecule has 1 aliphatic rings. The topological polar surface area (TPSA) is 48.0 Å². The van der Waals surface area contributed by atoms with Gasteiger partial charge in [0, 0.05) is 11.4 Å². The first kappa shape index (κ1) is 12.3. The maximum Gasteiger partial charge on any atom is 0.260 e. The summed E-state index contributed by atoms with van der Waals surface area (Å²) in [5.74, 6) is 1.28. The molecule has 2 aromatic rings. The maximum absolute atomic E-state index is 12.6. The molecule has 19 heavy (non-hydrogen) atoms. The molecule has 1 aliphatic carbocycles. The monoisotopic (exact) mass is 256 g/mol. The van der Waals surface area contributed by atoms with Gasteiger partial charge in [-0.1, -0.05) is 38.0 Å². The Balaban J connectivity index is 2.15. The molecule has 1 aromatic carbocycles. The van der Waals surface area contributed by atoms with E-state index in [4.69, 9.17) is 5.73 Å². The van der Waals surface area contributed by atoms with E-state index in [9.17, 15) is 4.79 Å². The molecule has 0 radical (unpaired) electrons. The summed E-state index contributed by atoms with van der Waals surface area (Å²) in [6.45, 7) is 2.26. The summed E-state index contributed by atoms with van der Waals surface area (Å²) in [5.41, 5.74) is 6.19. The normalized spacial score (nSPS) is 23.6. The zero-order chi connectivity index (χ0) is 13.4. The quantitative estimate of drug-likeness (QED) is 0.850. The number of aromatic nitrogens is 1. The molecule has 0 saturated heterocycles. The van der Waals surface area contributed by atoms with Crippen LogP contribution in [0, 0.1) is 5.92 Å². The van der Waals surface area contributed by atoms with E-state index in [-0.39, 0.29) is 11.6 Å². The largest absolute Gasteiger partial charge is 0.385 e. The van der Waals surface area contributed by atoms with Gasteiger partial charge in [0.2, 0.25) is 0 Å². The highest BCUT2D eigenvalue weighted by Gasteiger charge is 2.23. The summed E-state index contributed by atoms with van der Waals surface area (Å²) < 4.78 is 1.82. The van der Waals surface area contributed by atoms with Crippen molar-refractivity contribution >= 4 is 16.6 Å². The molecule has 3 nitrogen and oxygen atoms in total. The molecule has 0 spiro atoms. The predicted molar refractivity (Wildman–Crippen MR) is 79.3 cm³/mol. The van der Waals surface area contributed by atoms with Crippen LogP contribution in [-0.4, -0.2) is 4.57 Å². The van der Waals surface area contributed by atoms with Gasteiger partial charge in [-0.2, -0.15) is 0 Å². The maximum atomic E-state index is 12.6. The Morgan fingerprint density at radius 2 is 2.05 bits per heavy atom. The summed E-state index contributed by atoms with van der Waals surface area (Å²) in [5, 5.41) is 1.71. The van der Waals surface area contributed by atoms with Crippen LogP contribution in [-0.2, 0) is 0 Å². The van der Waals surface area contributed by atoms with E-state index in [1.54, 1.807) is 0 Å². The Hall–Kier alpha value is -1.77. The molecule has 2 N–H and O–H groups in total. The van der Waals surface area contributed by atoms with Crippen LogP contribution in [0.3, 0.4) is 0 Å². The standard InChI is InChI=1S/C16H20N2O/c1-11-5-4-7-13(9-11)18-15(17)10-12-6-2-3-8-14(12)16(18)19/h2-3,6,8,10-11,13H,4-5,7,9,17H2,1H3. The fourth-order valence-electron chi connectivity index (χ4n) is 3.31. The van der Waals surface area contributed by atoms with Gasteiger partial charge in [-0.3, -0.25) is 9.36 Å². The SMILES string of the molecule is CC1CCCC(n2c(N)cc3ccccc3c2=O)C1. The molecule has 100 valence electrons. The van der Waals surface area contributed by atoms with E-state index in [0.717, 1.165) is 23.6 Å². The fraction of sp³-hybridized carbons (Fsp3) is 0.438. The number of fused-ring (bicyclic) bond motifs is 1. The number of rotatable bonds is 1. The molecule has 2 atom stereocenters. The molecule has 3 heteroatoms. The lowest BCUT2D eigenvalue weighted by Crippen LogP contribution is -2.30. The van der Waals surface area contributed by atoms with E-state index in [2.05, 4.69) is 6.92 Å². The molecule has 0 amide bonds. The second-order valence-corrected chi connectivity index (χ2v) is 5.76. The van der Waals surface area contributed by atoms with Gasteiger partial charge in [-0.05, 0) is 36.3 Å². The summed E-state index contributed by atoms with van der Waals surface area (Å²) in [7, 11) is 0. The van der Waals surface area contributed by atoms with E-state index in [1.807, 2.05) is 34.9 Å². The first-order valence-corrected chi connectivity index (χ1v) is 7.06. The van der Waals surface area contributed by atoms with Crippen molar-refractivity contribution in [2.75, 3.05) is 5.73 Å². The van der Waals surface area contributed by atoms with Crippen LogP contribution in [0.2, 0.25) is 0 Å². The van der Waals surface area contributed by atoms with E-state index >= 15 is 0 Å². The van der Waals surface area contributed by atoms with Gasteiger partial charge in [0.1, 0.15) is 5.82 Å². The third-order valence-corrected chi connectivity index (χ3v) is 4.27. The molecule has 0 bridgehead atoms. The summed E-state index contributed by atoms with van der Waals surface area (Å²) in [6, 6.07) is 9.87. The number of hydrogen-bond acceptors (Lipinski definition) is 2. The zero-order valence-electron chi connectivity index (χ0n) is 11.3. The minimum atomic E-state index is 0.0645. The van der Waals surface area contributed by atoms with Crippen molar-refractivity contribution in [1.82, 2.24) is 4.57 Å². The smallest absolute Gasteiger partial charge is 0.260 e. The molecular weight excluding hydrogens is 236 g/mol. The number of nitrogens with two attached hydrogens (primary N) is 1. The first-order chi connectivity index (χ1) is 9.16. The van der Waals surface area contributed by atoms with Crippen molar-refractivity contribution in [1.29, 1.82) is 0 Å². The van der Waals surface area contributed by atoms with Crippen LogP contribution in [0.5, 0.6) is 0 Å². The fourth-order valence-corrected chi connectivity index (χ4v) is 3.31. The highest BCUT2D eigenvalue weighted by molar-refractivity contribution is 5.83. The summed E-state index contributed by atoms with van der Waals surface area (Å²) in [6.07, 6.45) is 4.57. The minimum Gasteiger partial charge on any atom is -0.385 e. The third kappa shape index (κ3) is 2.14. The highest BCUT2D eigenvalue weighted by atomic mass is 16.1. The second kappa shape index (κ2) is 4.72. The Morgan fingerprint density at radius 1 is 1.26 bits per heavy atom. The highest BCUT2D eigenvalue weighted by Crippen LogP contribution is 2.33. The van der Waals surface area contributed by atoms with Gasteiger partial charge in [0.25, 0.3) is 5.56 Å². The van der Waals surface area contributed by atoms with Crippen LogP contribution >= 0.6 is 0 Å². The third-order valence-electron chi connectivity index (χ3n) is 4.27. The van der Waals surface area contributed by atoms with Gasteiger partial charge < -0.3 is 5.73 Å². The number of benzene rings is 1. The molecule has 1 fully saturated rings. The van der Waals surface area contributed by atoms with Gasteiger partial charge in [0.05, 0.1) is 0 Å². The number of anilines is 1. The van der Waals surface area contributed by atoms with Crippen LogP contribution in [0.25, 0.3) is 10.8 Å². The Bertz CT molecular complexity index is 659. The predicted octanol–water partition coefficient (Wildman–Crippen LogP) is 3.33. The molecule has 2 unspecified atom stereocenters. The van der Waals surface area contributed by atoms with Gasteiger partial charge in [-0.15, -0.1) is 0 Å². The minimum absolute atomic E-state index is 0.0645. The van der Waals surface area contributed by atoms with Crippen molar-refractivity contribution in [2.45, 2.75) is 38.6 Å². The molecule has 1 aromatic heterocycles. The molecule has 1 saturated carbocycles. The van der Waals surface area contributed by atoms with Crippen molar-refractivity contribution in [3.8, 4) is 0 Å². The van der Waals surface area contributed by atoms with Gasteiger partial charge in [0.15, 0.2) is 0 Å². The van der Waals surface area contributed by atoms with E-state index in [0.29, 0.717) is 11.7 Å². The summed E-state index contributed by atoms with van der Waals surface area (Å²) >= 11 is 0. The van der Waals surface area contributed by atoms with Crippen molar-refractivity contribution in [2.24, 2.45) is 5.92 Å². The average molecular weight is 256 g/mol. The van der Waals surface area contributed by atoms with Crippen LogP contribution in [0.1, 0.15) is 38.6 Å². The molecular formula is C16H20N2O.